The van der Waals surface area contributed by atoms with E-state index < -0.39 is 27.6 Å². The molecule has 1 heterocycles. The largest absolute Gasteiger partial charge is 0.416 e. The number of carbonyl (C=O) groups excluding carboxylic acids is 1. The molecular formula is C27H23F3N2O3S2. The van der Waals surface area contributed by atoms with Gasteiger partial charge in [0.25, 0.3) is 0 Å². The SMILES string of the molecule is C[C@@H](CS(=O)(=O)c1ccc(-c2ccsc2)c(NC(=O)Nc2cccc(C(F)(F)F)c2)c1)c1ccccc1. The third kappa shape index (κ3) is 6.58. The summed E-state index contributed by atoms with van der Waals surface area (Å²) in [6.45, 7) is 1.83. The molecule has 1 atom stereocenters. The van der Waals surface area contributed by atoms with E-state index >= 15 is 0 Å². The molecule has 0 bridgehead atoms. The summed E-state index contributed by atoms with van der Waals surface area (Å²) in [5, 5.41) is 8.69. The molecule has 5 nitrogen and oxygen atoms in total. The van der Waals surface area contributed by atoms with Crippen LogP contribution in [0, 0.1) is 0 Å². The van der Waals surface area contributed by atoms with Crippen LogP contribution in [-0.4, -0.2) is 20.2 Å². The maximum Gasteiger partial charge on any atom is 0.416 e. The molecule has 0 aliphatic rings. The highest BCUT2D eigenvalue weighted by molar-refractivity contribution is 7.91. The lowest BCUT2D eigenvalue weighted by Crippen LogP contribution is -2.21. The van der Waals surface area contributed by atoms with Gasteiger partial charge in [-0.3, -0.25) is 0 Å². The van der Waals surface area contributed by atoms with Gasteiger partial charge in [0, 0.05) is 11.3 Å². The van der Waals surface area contributed by atoms with Gasteiger partial charge >= 0.3 is 12.2 Å². The molecule has 0 unspecified atom stereocenters. The van der Waals surface area contributed by atoms with E-state index in [-0.39, 0.29) is 27.9 Å². The highest BCUT2D eigenvalue weighted by Gasteiger charge is 2.30. The monoisotopic (exact) mass is 544 g/mol. The molecule has 0 spiro atoms. The zero-order chi connectivity index (χ0) is 26.6. The first-order chi connectivity index (χ1) is 17.5. The van der Waals surface area contributed by atoms with Gasteiger partial charge in [-0.1, -0.05) is 49.4 Å². The third-order valence-corrected chi connectivity index (χ3v) is 8.31. The number of halogens is 3. The Kier molecular flexibility index (Phi) is 7.70. The van der Waals surface area contributed by atoms with Gasteiger partial charge in [0.15, 0.2) is 9.84 Å². The quantitative estimate of drug-likeness (QED) is 0.251. The minimum atomic E-state index is -4.56. The first-order valence-corrected chi connectivity index (χ1v) is 13.8. The predicted molar refractivity (Wildman–Crippen MR) is 141 cm³/mol. The van der Waals surface area contributed by atoms with Gasteiger partial charge in [0.2, 0.25) is 0 Å². The number of alkyl halides is 3. The summed E-state index contributed by atoms with van der Waals surface area (Å²) in [4.78, 5) is 12.8. The van der Waals surface area contributed by atoms with E-state index in [4.69, 9.17) is 0 Å². The van der Waals surface area contributed by atoms with Crippen molar-refractivity contribution in [3.63, 3.8) is 0 Å². The Morgan fingerprint density at radius 1 is 0.946 bits per heavy atom. The zero-order valence-electron chi connectivity index (χ0n) is 19.6. The van der Waals surface area contributed by atoms with Crippen molar-refractivity contribution in [1.82, 2.24) is 0 Å². The van der Waals surface area contributed by atoms with Crippen molar-refractivity contribution in [1.29, 1.82) is 0 Å². The molecule has 2 N–H and O–H groups in total. The first kappa shape index (κ1) is 26.4. The van der Waals surface area contributed by atoms with E-state index in [9.17, 15) is 26.4 Å². The molecule has 192 valence electrons. The van der Waals surface area contributed by atoms with Gasteiger partial charge in [-0.05, 0) is 64.2 Å². The van der Waals surface area contributed by atoms with Crippen LogP contribution in [0.25, 0.3) is 11.1 Å². The number of benzene rings is 3. The molecule has 1 aromatic heterocycles. The van der Waals surface area contributed by atoms with Crippen molar-refractivity contribution in [2.24, 2.45) is 0 Å². The molecular weight excluding hydrogens is 521 g/mol. The van der Waals surface area contributed by atoms with Gasteiger partial charge in [0.1, 0.15) is 0 Å². The third-order valence-electron chi connectivity index (χ3n) is 5.72. The Morgan fingerprint density at radius 3 is 2.38 bits per heavy atom. The van der Waals surface area contributed by atoms with Crippen LogP contribution >= 0.6 is 11.3 Å². The molecule has 3 aromatic carbocycles. The second-order valence-corrected chi connectivity index (χ2v) is 11.3. The average Bonchev–Trinajstić information content (AvgIpc) is 3.39. The van der Waals surface area contributed by atoms with Crippen LogP contribution in [0.2, 0.25) is 0 Å². The van der Waals surface area contributed by atoms with E-state index in [2.05, 4.69) is 10.6 Å². The Balaban J connectivity index is 1.61. The van der Waals surface area contributed by atoms with Gasteiger partial charge in [-0.25, -0.2) is 13.2 Å². The lowest BCUT2D eigenvalue weighted by Gasteiger charge is -2.16. The Hall–Kier alpha value is -3.63. The summed E-state index contributed by atoms with van der Waals surface area (Å²) < 4.78 is 65.6. The molecule has 0 saturated carbocycles. The number of anilines is 2. The molecule has 10 heteroatoms. The average molecular weight is 545 g/mol. The number of sulfone groups is 1. The molecule has 4 rings (SSSR count). The second kappa shape index (κ2) is 10.8. The highest BCUT2D eigenvalue weighted by atomic mass is 32.2. The fourth-order valence-corrected chi connectivity index (χ4v) is 6.12. The summed E-state index contributed by atoms with van der Waals surface area (Å²) >= 11 is 1.43. The van der Waals surface area contributed by atoms with Crippen molar-refractivity contribution < 1.29 is 26.4 Å². The van der Waals surface area contributed by atoms with E-state index in [1.54, 1.807) is 6.07 Å². The standard InChI is InChI=1S/C27H23F3N2O3S2/c1-18(19-6-3-2-4-7-19)17-37(34,35)23-10-11-24(20-12-13-36-16-20)25(15-23)32-26(33)31-22-9-5-8-21(14-22)27(28,29)30/h2-16,18H,17H2,1H3,(H2,31,32,33)/t18-/m0/s1. The van der Waals surface area contributed by atoms with Crippen molar-refractivity contribution in [3.8, 4) is 11.1 Å². The molecule has 2 amide bonds. The number of amides is 2. The number of rotatable bonds is 7. The molecule has 0 aliphatic carbocycles. The van der Waals surface area contributed by atoms with Gasteiger partial charge in [-0.15, -0.1) is 0 Å². The van der Waals surface area contributed by atoms with Gasteiger partial charge in [-0.2, -0.15) is 24.5 Å². The Bertz CT molecular complexity index is 1490. The van der Waals surface area contributed by atoms with Crippen LogP contribution in [-0.2, 0) is 16.0 Å². The van der Waals surface area contributed by atoms with E-state index in [0.717, 1.165) is 23.3 Å². The van der Waals surface area contributed by atoms with E-state index in [1.807, 2.05) is 54.1 Å². The molecule has 0 fully saturated rings. The summed E-state index contributed by atoms with van der Waals surface area (Å²) in [6.07, 6.45) is -4.56. The lowest BCUT2D eigenvalue weighted by atomic mass is 10.0. The fourth-order valence-electron chi connectivity index (χ4n) is 3.85. The predicted octanol–water partition coefficient (Wildman–Crippen LogP) is 7.66. The zero-order valence-corrected chi connectivity index (χ0v) is 21.3. The van der Waals surface area contributed by atoms with Crippen molar-refractivity contribution in [2.45, 2.75) is 23.9 Å². The highest BCUT2D eigenvalue weighted by Crippen LogP contribution is 2.34. The van der Waals surface area contributed by atoms with Crippen molar-refractivity contribution in [3.05, 3.63) is 101 Å². The minimum Gasteiger partial charge on any atom is -0.308 e. The van der Waals surface area contributed by atoms with Gasteiger partial charge in [0.05, 0.1) is 21.9 Å². The maximum atomic E-state index is 13.2. The smallest absolute Gasteiger partial charge is 0.308 e. The number of hydrogen-bond acceptors (Lipinski definition) is 4. The normalized spacial score (nSPS) is 12.6. The Labute approximate surface area is 216 Å². The number of thiophene rings is 1. The molecule has 0 saturated heterocycles. The molecule has 4 aromatic rings. The number of nitrogens with one attached hydrogen (secondary N) is 2. The van der Waals surface area contributed by atoms with Crippen LogP contribution in [0.4, 0.5) is 29.3 Å². The van der Waals surface area contributed by atoms with E-state index in [0.29, 0.717) is 5.56 Å². The van der Waals surface area contributed by atoms with Crippen molar-refractivity contribution >= 4 is 38.6 Å². The molecule has 0 aliphatic heterocycles. The number of urea groups is 1. The first-order valence-electron chi connectivity index (χ1n) is 11.2. The van der Waals surface area contributed by atoms with Crippen LogP contribution in [0.15, 0.2) is 94.5 Å². The van der Waals surface area contributed by atoms with Crippen LogP contribution in [0.5, 0.6) is 0 Å². The van der Waals surface area contributed by atoms with Gasteiger partial charge < -0.3 is 10.6 Å². The summed E-state index contributed by atoms with van der Waals surface area (Å²) in [7, 11) is -3.73. The van der Waals surface area contributed by atoms with Crippen LogP contribution in [0.1, 0.15) is 24.0 Å². The summed E-state index contributed by atoms with van der Waals surface area (Å²) in [6, 6.07) is 19.0. The van der Waals surface area contributed by atoms with Crippen LogP contribution < -0.4 is 10.6 Å². The molecule has 37 heavy (non-hydrogen) atoms. The van der Waals surface area contributed by atoms with E-state index in [1.165, 1.54) is 35.6 Å². The maximum absolute atomic E-state index is 13.2. The number of carbonyl (C=O) groups is 1. The number of hydrogen-bond donors (Lipinski definition) is 2. The minimum absolute atomic E-state index is 0.0311. The summed E-state index contributed by atoms with van der Waals surface area (Å²) in [5.74, 6) is -0.395. The van der Waals surface area contributed by atoms with Crippen LogP contribution in [0.3, 0.4) is 0 Å². The topological polar surface area (TPSA) is 75.3 Å². The van der Waals surface area contributed by atoms with Crippen molar-refractivity contribution in [2.75, 3.05) is 16.4 Å². The fraction of sp³-hybridized carbons (Fsp3) is 0.148. The summed E-state index contributed by atoms with van der Waals surface area (Å²) in [5.41, 5.74) is 1.50. The lowest BCUT2D eigenvalue weighted by molar-refractivity contribution is -0.137. The Morgan fingerprint density at radius 2 is 1.70 bits per heavy atom. The second-order valence-electron chi connectivity index (χ2n) is 8.47. The molecule has 0 radical (unpaired) electrons.